The molecule has 0 aliphatic carbocycles. The lowest BCUT2D eigenvalue weighted by atomic mass is 9.96. The van der Waals surface area contributed by atoms with Crippen LogP contribution in [0.2, 0.25) is 0 Å². The Morgan fingerprint density at radius 1 is 1.17 bits per heavy atom. The number of piperidine rings is 1. The number of sulfonamides is 1. The Balaban J connectivity index is 1.67. The zero-order valence-electron chi connectivity index (χ0n) is 17.5. The quantitative estimate of drug-likeness (QED) is 0.776. The highest BCUT2D eigenvalue weighted by Crippen LogP contribution is 2.23. The molecule has 7 nitrogen and oxygen atoms in total. The molecule has 2 fully saturated rings. The van der Waals surface area contributed by atoms with Crippen LogP contribution in [0.3, 0.4) is 0 Å². The Kier molecular flexibility index (Phi) is 6.62. The van der Waals surface area contributed by atoms with Crippen LogP contribution in [0.4, 0.5) is 0 Å². The van der Waals surface area contributed by atoms with Gasteiger partial charge >= 0.3 is 0 Å². The number of rotatable bonds is 4. The van der Waals surface area contributed by atoms with Crippen LogP contribution in [-0.2, 0) is 14.8 Å². The van der Waals surface area contributed by atoms with Crippen LogP contribution in [0.1, 0.15) is 45.6 Å². The maximum Gasteiger partial charge on any atom is 0.281 e. The number of nitrogens with zero attached hydrogens (tertiary/aromatic N) is 3. The highest BCUT2D eigenvalue weighted by Gasteiger charge is 2.39. The highest BCUT2D eigenvalue weighted by molar-refractivity contribution is 7.89. The number of piperazine rings is 1. The summed E-state index contributed by atoms with van der Waals surface area (Å²) in [6.45, 7) is 8.05. The summed E-state index contributed by atoms with van der Waals surface area (Å²) in [4.78, 5) is 16.4. The predicted octanol–water partition coefficient (Wildman–Crippen LogP) is 0.625. The number of likely N-dealkylation sites (tertiary alicyclic amines) is 1. The molecular weight excluding hydrogens is 388 g/mol. The zero-order valence-corrected chi connectivity index (χ0v) is 18.3. The van der Waals surface area contributed by atoms with Gasteiger partial charge in [0.2, 0.25) is 10.0 Å². The van der Waals surface area contributed by atoms with Crippen molar-refractivity contribution in [1.29, 1.82) is 5.26 Å². The monoisotopic (exact) mass is 419 g/mol. The molecule has 0 bridgehead atoms. The molecule has 2 heterocycles. The number of quaternary nitrogens is 1. The van der Waals surface area contributed by atoms with E-state index in [4.69, 9.17) is 0 Å². The second-order valence-corrected chi connectivity index (χ2v) is 10.2. The summed E-state index contributed by atoms with van der Waals surface area (Å²) in [5, 5.41) is 9.24. The van der Waals surface area contributed by atoms with Crippen molar-refractivity contribution in [3.8, 4) is 6.07 Å². The molecule has 1 N–H and O–H groups in total. The van der Waals surface area contributed by atoms with Gasteiger partial charge in [-0.15, -0.1) is 0 Å². The normalized spacial score (nSPS) is 25.4. The maximum atomic E-state index is 13.1. The summed E-state index contributed by atoms with van der Waals surface area (Å²) in [6, 6.07) is 8.61. The second kappa shape index (κ2) is 8.82. The van der Waals surface area contributed by atoms with Crippen LogP contribution in [0.15, 0.2) is 29.2 Å². The molecule has 2 aliphatic rings. The first-order valence-corrected chi connectivity index (χ1v) is 11.9. The molecule has 3 rings (SSSR count). The van der Waals surface area contributed by atoms with Gasteiger partial charge in [-0.25, -0.2) is 8.42 Å². The summed E-state index contributed by atoms with van der Waals surface area (Å²) < 4.78 is 27.4. The Bertz CT molecular complexity index is 877. The van der Waals surface area contributed by atoms with E-state index in [0.29, 0.717) is 26.2 Å². The zero-order chi connectivity index (χ0) is 21.2. The maximum absolute atomic E-state index is 13.1. The van der Waals surface area contributed by atoms with Gasteiger partial charge < -0.3 is 9.80 Å². The van der Waals surface area contributed by atoms with Crippen molar-refractivity contribution in [3.05, 3.63) is 29.8 Å². The lowest BCUT2D eigenvalue weighted by Gasteiger charge is -2.42. The van der Waals surface area contributed by atoms with Crippen LogP contribution in [-0.4, -0.2) is 67.8 Å². The van der Waals surface area contributed by atoms with Gasteiger partial charge in [-0.2, -0.15) is 9.57 Å². The molecule has 0 unspecified atom stereocenters. The van der Waals surface area contributed by atoms with E-state index in [0.717, 1.165) is 24.2 Å². The lowest BCUT2D eigenvalue weighted by molar-refractivity contribution is -0.918. The minimum absolute atomic E-state index is 0.0611. The Labute approximate surface area is 173 Å². The molecule has 29 heavy (non-hydrogen) atoms. The van der Waals surface area contributed by atoms with Gasteiger partial charge in [-0.1, -0.05) is 12.1 Å². The summed E-state index contributed by atoms with van der Waals surface area (Å²) >= 11 is 0. The van der Waals surface area contributed by atoms with Gasteiger partial charge in [0.1, 0.15) is 6.07 Å². The molecule has 0 aromatic heterocycles. The molecule has 2 aliphatic heterocycles. The number of nitrogens with one attached hydrogen (secondary N) is 1. The molecule has 1 aromatic rings. The van der Waals surface area contributed by atoms with Crippen molar-refractivity contribution in [2.75, 3.05) is 26.2 Å². The third kappa shape index (κ3) is 4.32. The largest absolute Gasteiger partial charge is 0.332 e. The number of nitriles is 1. The molecule has 2 saturated heterocycles. The first kappa shape index (κ1) is 21.8. The third-order valence-corrected chi connectivity index (χ3v) is 8.38. The third-order valence-electron chi connectivity index (χ3n) is 6.42. The van der Waals surface area contributed by atoms with Crippen molar-refractivity contribution in [3.63, 3.8) is 0 Å². The predicted molar refractivity (Wildman–Crippen MR) is 110 cm³/mol. The van der Waals surface area contributed by atoms with E-state index in [-0.39, 0.29) is 34.5 Å². The van der Waals surface area contributed by atoms with E-state index in [2.05, 4.69) is 13.8 Å². The fourth-order valence-corrected chi connectivity index (χ4v) is 6.21. The van der Waals surface area contributed by atoms with Crippen molar-refractivity contribution >= 4 is 15.9 Å². The van der Waals surface area contributed by atoms with Crippen LogP contribution >= 0.6 is 0 Å². The van der Waals surface area contributed by atoms with Crippen LogP contribution in [0.25, 0.3) is 0 Å². The topological polar surface area (TPSA) is 85.9 Å². The van der Waals surface area contributed by atoms with E-state index in [9.17, 15) is 18.5 Å². The van der Waals surface area contributed by atoms with Crippen molar-refractivity contribution in [2.24, 2.45) is 0 Å². The van der Waals surface area contributed by atoms with Gasteiger partial charge in [0.15, 0.2) is 6.04 Å². The van der Waals surface area contributed by atoms with Gasteiger partial charge in [0.25, 0.3) is 5.91 Å². The fourth-order valence-electron chi connectivity index (χ4n) is 4.62. The Hall–Kier alpha value is -1.95. The van der Waals surface area contributed by atoms with E-state index in [1.54, 1.807) is 12.1 Å². The average Bonchev–Trinajstić information content (AvgIpc) is 2.73. The van der Waals surface area contributed by atoms with E-state index in [1.807, 2.05) is 17.9 Å². The number of amides is 1. The van der Waals surface area contributed by atoms with Gasteiger partial charge in [0, 0.05) is 12.1 Å². The summed E-state index contributed by atoms with van der Waals surface area (Å²) in [5.74, 6) is 0.172. The van der Waals surface area contributed by atoms with Crippen molar-refractivity contribution < 1.29 is 18.1 Å². The first-order valence-electron chi connectivity index (χ1n) is 10.4. The number of benzene rings is 1. The minimum atomic E-state index is -3.71. The second-order valence-electron chi connectivity index (χ2n) is 8.27. The van der Waals surface area contributed by atoms with Crippen LogP contribution < -0.4 is 4.90 Å². The summed E-state index contributed by atoms with van der Waals surface area (Å²) in [7, 11) is -3.71. The standard InChI is InChI=1S/C21H30N4O3S/c1-16-7-6-8-17(2)25(16)21(26)18(3)23-11-13-24(14-12-23)29(27,28)20-10-5-4-9-19(20)15-22/h4-5,9-10,16-18H,6-8,11-14H2,1-3H3/p+1/t16-,17-,18+/m0/s1. The van der Waals surface area contributed by atoms with E-state index < -0.39 is 10.0 Å². The number of hydrogen-bond acceptors (Lipinski definition) is 4. The van der Waals surface area contributed by atoms with E-state index >= 15 is 0 Å². The van der Waals surface area contributed by atoms with Crippen molar-refractivity contribution in [2.45, 2.75) is 63.1 Å². The smallest absolute Gasteiger partial charge is 0.281 e. The number of hydrogen-bond donors (Lipinski definition) is 1. The van der Waals surface area contributed by atoms with Crippen molar-refractivity contribution in [1.82, 2.24) is 9.21 Å². The number of carbonyl (C=O) groups is 1. The summed E-state index contributed by atoms with van der Waals surface area (Å²) in [5.41, 5.74) is 0.166. The lowest BCUT2D eigenvalue weighted by Crippen LogP contribution is -3.19. The average molecular weight is 420 g/mol. The van der Waals surface area contributed by atoms with Crippen LogP contribution in [0, 0.1) is 11.3 Å². The molecule has 8 heteroatoms. The first-order chi connectivity index (χ1) is 13.8. The molecule has 0 saturated carbocycles. The summed E-state index contributed by atoms with van der Waals surface area (Å²) in [6.07, 6.45) is 3.25. The van der Waals surface area contributed by atoms with E-state index in [1.165, 1.54) is 16.4 Å². The van der Waals surface area contributed by atoms with Crippen LogP contribution in [0.5, 0.6) is 0 Å². The Morgan fingerprint density at radius 2 is 1.76 bits per heavy atom. The molecule has 1 amide bonds. The SMILES string of the molecule is C[C@H](C(=O)N1[C@@H](C)CCC[C@@H]1C)[NH+]1CCN(S(=O)(=O)c2ccccc2C#N)CC1. The minimum Gasteiger partial charge on any atom is -0.332 e. The van der Waals surface area contributed by atoms with Gasteiger partial charge in [-0.05, 0) is 52.2 Å². The molecule has 0 spiro atoms. The Morgan fingerprint density at radius 3 is 2.34 bits per heavy atom. The van der Waals surface area contributed by atoms with Gasteiger partial charge in [0.05, 0.1) is 36.6 Å². The molecule has 1 aromatic carbocycles. The molecule has 3 atom stereocenters. The molecule has 0 radical (unpaired) electrons. The highest BCUT2D eigenvalue weighted by atomic mass is 32.2. The number of carbonyl (C=O) groups excluding carboxylic acids is 1. The molecular formula is C21H31N4O3S+. The molecule has 158 valence electrons. The fraction of sp³-hybridized carbons (Fsp3) is 0.619. The van der Waals surface area contributed by atoms with Gasteiger partial charge in [-0.3, -0.25) is 4.79 Å².